The zero-order valence-corrected chi connectivity index (χ0v) is 15.6. The van der Waals surface area contributed by atoms with Crippen LogP contribution in [-0.4, -0.2) is 12.4 Å². The quantitative estimate of drug-likeness (QED) is 0.542. The smallest absolute Gasteiger partial charge is 0.231 e. The number of aryl methyl sites for hydroxylation is 1. The number of ether oxygens (including phenoxy) is 2. The maximum Gasteiger partial charge on any atom is 0.231 e. The van der Waals surface area contributed by atoms with Crippen LogP contribution in [0.25, 0.3) is 12.2 Å². The summed E-state index contributed by atoms with van der Waals surface area (Å²) < 4.78 is 11.5. The van der Waals surface area contributed by atoms with Crippen LogP contribution in [0.3, 0.4) is 0 Å². The van der Waals surface area contributed by atoms with Gasteiger partial charge in [0.15, 0.2) is 5.76 Å². The van der Waals surface area contributed by atoms with Crippen LogP contribution >= 0.6 is 0 Å². The Morgan fingerprint density at radius 3 is 2.50 bits per heavy atom. The number of benzene rings is 3. The van der Waals surface area contributed by atoms with E-state index in [0.29, 0.717) is 29.4 Å². The molecule has 0 fully saturated rings. The summed E-state index contributed by atoms with van der Waals surface area (Å²) in [5.41, 5.74) is 3.79. The molecule has 138 valence electrons. The van der Waals surface area contributed by atoms with E-state index in [1.807, 2.05) is 73.7 Å². The molecule has 0 atom stereocenters. The number of Topliss-reactive ketones (excluding diaryl/α,β-unsaturated/α-hetero) is 1. The summed E-state index contributed by atoms with van der Waals surface area (Å²) in [5.74, 6) is 1.43. The van der Waals surface area contributed by atoms with E-state index >= 15 is 0 Å². The van der Waals surface area contributed by atoms with Gasteiger partial charge < -0.3 is 9.47 Å². The Kier molecular flexibility index (Phi) is 5.07. The standard InChI is InChI=1S/C25H20O3/c1-18-9-11-20(12-10-18)16-24-25(26)22-14-13-21(17-23(22)28-24)27-15-5-8-19-6-3-2-4-7-19/h2-14,16-17H,15H2,1H3/b8-5+,24-16-. The molecule has 0 amide bonds. The van der Waals surface area contributed by atoms with Gasteiger partial charge in [-0.2, -0.15) is 0 Å². The first-order valence-electron chi connectivity index (χ1n) is 9.18. The molecule has 3 aromatic rings. The maximum atomic E-state index is 12.6. The second kappa shape index (κ2) is 7.97. The van der Waals surface area contributed by atoms with Crippen molar-refractivity contribution in [2.75, 3.05) is 6.61 Å². The van der Waals surface area contributed by atoms with Crippen LogP contribution < -0.4 is 9.47 Å². The highest BCUT2D eigenvalue weighted by molar-refractivity contribution is 6.14. The van der Waals surface area contributed by atoms with Crippen molar-refractivity contribution < 1.29 is 14.3 Å². The van der Waals surface area contributed by atoms with Crippen LogP contribution in [0.1, 0.15) is 27.0 Å². The molecule has 0 aliphatic carbocycles. The SMILES string of the molecule is Cc1ccc(/C=C2\Oc3cc(OC/C=C/c4ccccc4)ccc3C2=O)cc1. The van der Waals surface area contributed by atoms with Crippen LogP contribution in [0.2, 0.25) is 0 Å². The van der Waals surface area contributed by atoms with Gasteiger partial charge in [-0.1, -0.05) is 66.2 Å². The molecular weight excluding hydrogens is 348 g/mol. The van der Waals surface area contributed by atoms with Crippen LogP contribution in [0, 0.1) is 6.92 Å². The fraction of sp³-hybridized carbons (Fsp3) is 0.0800. The number of allylic oxidation sites excluding steroid dienone is 1. The Labute approximate surface area is 164 Å². The second-order valence-corrected chi connectivity index (χ2v) is 6.63. The molecule has 0 unspecified atom stereocenters. The summed E-state index contributed by atoms with van der Waals surface area (Å²) in [6.45, 7) is 2.47. The number of carbonyl (C=O) groups excluding carboxylic acids is 1. The number of ketones is 1. The minimum absolute atomic E-state index is 0.105. The molecule has 4 rings (SSSR count). The van der Waals surface area contributed by atoms with Crippen molar-refractivity contribution in [2.24, 2.45) is 0 Å². The normalized spacial score (nSPS) is 14.3. The highest BCUT2D eigenvalue weighted by Gasteiger charge is 2.27. The molecule has 3 aromatic carbocycles. The minimum atomic E-state index is -0.105. The van der Waals surface area contributed by atoms with Gasteiger partial charge in [0.25, 0.3) is 0 Å². The van der Waals surface area contributed by atoms with Crippen molar-refractivity contribution in [3.05, 3.63) is 107 Å². The lowest BCUT2D eigenvalue weighted by Crippen LogP contribution is -1.98. The fourth-order valence-electron chi connectivity index (χ4n) is 2.96. The number of hydrogen-bond acceptors (Lipinski definition) is 3. The molecular formula is C25H20O3. The van der Waals surface area contributed by atoms with Crippen LogP contribution in [-0.2, 0) is 0 Å². The van der Waals surface area contributed by atoms with E-state index in [-0.39, 0.29) is 5.78 Å². The van der Waals surface area contributed by atoms with E-state index in [2.05, 4.69) is 0 Å². The van der Waals surface area contributed by atoms with Crippen molar-refractivity contribution in [3.8, 4) is 11.5 Å². The molecule has 0 spiro atoms. The number of rotatable bonds is 5. The van der Waals surface area contributed by atoms with Gasteiger partial charge in [0, 0.05) is 6.07 Å². The Morgan fingerprint density at radius 2 is 1.71 bits per heavy atom. The van der Waals surface area contributed by atoms with Crippen LogP contribution in [0.4, 0.5) is 0 Å². The van der Waals surface area contributed by atoms with Crippen molar-refractivity contribution in [1.29, 1.82) is 0 Å². The lowest BCUT2D eigenvalue weighted by atomic mass is 10.1. The zero-order valence-electron chi connectivity index (χ0n) is 15.6. The Hall–Kier alpha value is -3.59. The van der Waals surface area contributed by atoms with E-state index in [9.17, 15) is 4.79 Å². The van der Waals surface area contributed by atoms with Crippen molar-refractivity contribution in [3.63, 3.8) is 0 Å². The molecule has 3 nitrogen and oxygen atoms in total. The van der Waals surface area contributed by atoms with Gasteiger partial charge in [0.05, 0.1) is 5.56 Å². The largest absolute Gasteiger partial charge is 0.489 e. The van der Waals surface area contributed by atoms with Crippen LogP contribution in [0.15, 0.2) is 84.6 Å². The molecule has 1 heterocycles. The Morgan fingerprint density at radius 1 is 0.929 bits per heavy atom. The van der Waals surface area contributed by atoms with Gasteiger partial charge in [-0.25, -0.2) is 0 Å². The first-order chi connectivity index (χ1) is 13.7. The van der Waals surface area contributed by atoms with Gasteiger partial charge in [-0.05, 0) is 42.3 Å². The fourth-order valence-corrected chi connectivity index (χ4v) is 2.96. The van der Waals surface area contributed by atoms with Gasteiger partial charge in [0.2, 0.25) is 5.78 Å². The topological polar surface area (TPSA) is 35.5 Å². The van der Waals surface area contributed by atoms with E-state index in [1.165, 1.54) is 5.56 Å². The summed E-state index contributed by atoms with van der Waals surface area (Å²) in [4.78, 5) is 12.6. The first-order valence-corrected chi connectivity index (χ1v) is 9.18. The van der Waals surface area contributed by atoms with Gasteiger partial charge in [-0.3, -0.25) is 4.79 Å². The molecule has 1 aliphatic heterocycles. The molecule has 0 N–H and O–H groups in total. The van der Waals surface area contributed by atoms with Crippen LogP contribution in [0.5, 0.6) is 11.5 Å². The van der Waals surface area contributed by atoms with Crippen molar-refractivity contribution >= 4 is 17.9 Å². The molecule has 0 radical (unpaired) electrons. The summed E-state index contributed by atoms with van der Waals surface area (Å²) in [5, 5.41) is 0. The van der Waals surface area contributed by atoms with E-state index in [1.54, 1.807) is 24.3 Å². The van der Waals surface area contributed by atoms with E-state index in [4.69, 9.17) is 9.47 Å². The maximum absolute atomic E-state index is 12.6. The average molecular weight is 368 g/mol. The van der Waals surface area contributed by atoms with Crippen molar-refractivity contribution in [2.45, 2.75) is 6.92 Å². The van der Waals surface area contributed by atoms with Gasteiger partial charge in [-0.15, -0.1) is 0 Å². The monoisotopic (exact) mass is 368 g/mol. The van der Waals surface area contributed by atoms with Gasteiger partial charge >= 0.3 is 0 Å². The highest BCUT2D eigenvalue weighted by Crippen LogP contribution is 2.34. The van der Waals surface area contributed by atoms with Crippen molar-refractivity contribution in [1.82, 2.24) is 0 Å². The third-order valence-corrected chi connectivity index (χ3v) is 4.47. The lowest BCUT2D eigenvalue weighted by Gasteiger charge is -2.04. The molecule has 0 saturated heterocycles. The summed E-state index contributed by atoms with van der Waals surface area (Å²) >= 11 is 0. The molecule has 0 saturated carbocycles. The molecule has 0 aromatic heterocycles. The third-order valence-electron chi connectivity index (χ3n) is 4.47. The molecule has 1 aliphatic rings. The summed E-state index contributed by atoms with van der Waals surface area (Å²) in [7, 11) is 0. The Bertz CT molecular complexity index is 1040. The zero-order chi connectivity index (χ0) is 19.3. The third kappa shape index (κ3) is 4.04. The van der Waals surface area contributed by atoms with E-state index in [0.717, 1.165) is 11.1 Å². The number of carbonyl (C=O) groups is 1. The lowest BCUT2D eigenvalue weighted by molar-refractivity contribution is 0.101. The Balaban J connectivity index is 1.43. The molecule has 28 heavy (non-hydrogen) atoms. The second-order valence-electron chi connectivity index (χ2n) is 6.63. The predicted molar refractivity (Wildman–Crippen MR) is 112 cm³/mol. The average Bonchev–Trinajstić information content (AvgIpc) is 3.03. The van der Waals surface area contributed by atoms with E-state index < -0.39 is 0 Å². The minimum Gasteiger partial charge on any atom is -0.489 e. The first kappa shape index (κ1) is 17.8. The number of fused-ring (bicyclic) bond motifs is 1. The summed E-state index contributed by atoms with van der Waals surface area (Å²) in [6.07, 6.45) is 5.73. The molecule has 0 bridgehead atoms. The number of hydrogen-bond donors (Lipinski definition) is 0. The predicted octanol–water partition coefficient (Wildman–Crippen LogP) is 5.70. The van der Waals surface area contributed by atoms with Gasteiger partial charge in [0.1, 0.15) is 18.1 Å². The molecule has 3 heteroatoms. The summed E-state index contributed by atoms with van der Waals surface area (Å²) in [6, 6.07) is 23.3. The highest BCUT2D eigenvalue weighted by atomic mass is 16.5.